The van der Waals surface area contributed by atoms with Crippen molar-refractivity contribution in [3.63, 3.8) is 0 Å². The van der Waals surface area contributed by atoms with Crippen LogP contribution in [0.3, 0.4) is 0 Å². The largest absolute Gasteiger partial charge is 0.492 e. The first-order chi connectivity index (χ1) is 11.6. The van der Waals surface area contributed by atoms with Gasteiger partial charge >= 0.3 is 0 Å². The fourth-order valence-corrected chi connectivity index (χ4v) is 2.43. The van der Waals surface area contributed by atoms with E-state index in [2.05, 4.69) is 10.5 Å². The van der Waals surface area contributed by atoms with Crippen molar-refractivity contribution in [2.75, 3.05) is 6.61 Å². The maximum absolute atomic E-state index is 12.2. The van der Waals surface area contributed by atoms with Crippen LogP contribution >= 0.6 is 0 Å². The summed E-state index contributed by atoms with van der Waals surface area (Å²) in [6.45, 7) is 4.26. The summed E-state index contributed by atoms with van der Waals surface area (Å²) in [5, 5.41) is 4.26. The molecule has 3 rings (SSSR count). The van der Waals surface area contributed by atoms with E-state index in [1.807, 2.05) is 55.5 Å². The number of fused-ring (bicyclic) bond motifs is 1. The third-order valence-corrected chi connectivity index (χ3v) is 3.80. The minimum Gasteiger partial charge on any atom is -0.492 e. The normalized spacial score (nSPS) is 16.0. The molecule has 1 aliphatic heterocycles. The van der Waals surface area contributed by atoms with Crippen LogP contribution in [0.2, 0.25) is 0 Å². The monoisotopic (exact) mass is 324 g/mol. The van der Waals surface area contributed by atoms with Crippen molar-refractivity contribution >= 4 is 11.6 Å². The van der Waals surface area contributed by atoms with E-state index in [0.29, 0.717) is 18.8 Å². The number of hydrogen-bond acceptors (Lipinski definition) is 4. The zero-order chi connectivity index (χ0) is 16.9. The number of aryl methyl sites for hydroxylation is 1. The lowest BCUT2D eigenvalue weighted by Gasteiger charge is -2.19. The lowest BCUT2D eigenvalue weighted by atomic mass is 10.0. The minimum absolute atomic E-state index is 0.285. The van der Waals surface area contributed by atoms with Crippen LogP contribution in [0.1, 0.15) is 24.5 Å². The number of hydrazone groups is 1. The smallest absolute Gasteiger partial charge is 0.280 e. The molecule has 124 valence electrons. The van der Waals surface area contributed by atoms with Gasteiger partial charge in [0.1, 0.15) is 11.5 Å². The van der Waals surface area contributed by atoms with Crippen molar-refractivity contribution in [2.45, 2.75) is 26.4 Å². The number of benzene rings is 2. The summed E-state index contributed by atoms with van der Waals surface area (Å²) < 4.78 is 11.2. The van der Waals surface area contributed by atoms with Gasteiger partial charge in [0.05, 0.1) is 12.3 Å². The molecule has 0 spiro atoms. The van der Waals surface area contributed by atoms with Gasteiger partial charge in [0, 0.05) is 12.0 Å². The van der Waals surface area contributed by atoms with Gasteiger partial charge in [-0.25, -0.2) is 5.43 Å². The van der Waals surface area contributed by atoms with Gasteiger partial charge < -0.3 is 9.47 Å². The molecule has 24 heavy (non-hydrogen) atoms. The second kappa shape index (κ2) is 7.17. The first-order valence-electron chi connectivity index (χ1n) is 7.95. The lowest BCUT2D eigenvalue weighted by molar-refractivity contribution is -0.127. The number of hydrogen-bond donors (Lipinski definition) is 1. The van der Waals surface area contributed by atoms with Crippen LogP contribution < -0.4 is 14.9 Å². The standard InChI is InChI=1S/C19H20N2O3/c1-13-7-9-15(10-8-13)24-14(2)19(22)21-20-17-11-12-23-18-6-4-3-5-16(17)18/h3-10,14H,11-12H2,1-2H3,(H,21,22)/b20-17+. The third-order valence-electron chi connectivity index (χ3n) is 3.80. The number of para-hydroxylation sites is 1. The predicted octanol–water partition coefficient (Wildman–Crippen LogP) is 3.07. The zero-order valence-electron chi connectivity index (χ0n) is 13.8. The third kappa shape index (κ3) is 3.74. The highest BCUT2D eigenvalue weighted by atomic mass is 16.5. The van der Waals surface area contributed by atoms with E-state index in [1.165, 1.54) is 0 Å². The van der Waals surface area contributed by atoms with E-state index in [0.717, 1.165) is 22.6 Å². The Kier molecular flexibility index (Phi) is 4.79. The second-order valence-corrected chi connectivity index (χ2v) is 5.70. The Morgan fingerprint density at radius 1 is 1.21 bits per heavy atom. The molecule has 5 nitrogen and oxygen atoms in total. The van der Waals surface area contributed by atoms with Crippen LogP contribution in [-0.4, -0.2) is 24.3 Å². The van der Waals surface area contributed by atoms with Gasteiger partial charge in [-0.15, -0.1) is 0 Å². The van der Waals surface area contributed by atoms with E-state index >= 15 is 0 Å². The molecule has 0 saturated carbocycles. The summed E-state index contributed by atoms with van der Waals surface area (Å²) in [5.74, 6) is 1.17. The number of amides is 1. The van der Waals surface area contributed by atoms with Crippen molar-refractivity contribution in [1.82, 2.24) is 5.43 Å². The number of carbonyl (C=O) groups excluding carboxylic acids is 1. The molecule has 0 radical (unpaired) electrons. The first kappa shape index (κ1) is 16.1. The molecule has 1 atom stereocenters. The van der Waals surface area contributed by atoms with Gasteiger partial charge in [-0.05, 0) is 38.1 Å². The highest BCUT2D eigenvalue weighted by Gasteiger charge is 2.18. The molecule has 1 unspecified atom stereocenters. The molecular formula is C19H20N2O3. The van der Waals surface area contributed by atoms with Gasteiger partial charge in [0.2, 0.25) is 0 Å². The molecule has 1 amide bonds. The average Bonchev–Trinajstić information content (AvgIpc) is 2.61. The maximum atomic E-state index is 12.2. The molecule has 2 aromatic rings. The molecule has 1 heterocycles. The molecule has 0 aliphatic carbocycles. The second-order valence-electron chi connectivity index (χ2n) is 5.70. The first-order valence-corrected chi connectivity index (χ1v) is 7.95. The quantitative estimate of drug-likeness (QED) is 0.879. The number of nitrogens with one attached hydrogen (secondary N) is 1. The Bertz CT molecular complexity index is 753. The molecular weight excluding hydrogens is 304 g/mol. The number of ether oxygens (including phenoxy) is 2. The van der Waals surface area contributed by atoms with Gasteiger partial charge in [-0.1, -0.05) is 29.8 Å². The SMILES string of the molecule is Cc1ccc(OC(C)C(=O)N/N=C2\CCOc3ccccc32)cc1. The van der Waals surface area contributed by atoms with E-state index in [1.54, 1.807) is 6.92 Å². The molecule has 1 aliphatic rings. The van der Waals surface area contributed by atoms with Crippen molar-refractivity contribution in [3.8, 4) is 11.5 Å². The molecule has 0 bridgehead atoms. The maximum Gasteiger partial charge on any atom is 0.280 e. The summed E-state index contributed by atoms with van der Waals surface area (Å²) in [6.07, 6.45) is 0.0250. The van der Waals surface area contributed by atoms with Gasteiger partial charge in [-0.2, -0.15) is 5.10 Å². The Balaban J connectivity index is 1.64. The van der Waals surface area contributed by atoms with Crippen LogP contribution in [0, 0.1) is 6.92 Å². The Morgan fingerprint density at radius 2 is 1.96 bits per heavy atom. The Morgan fingerprint density at radius 3 is 2.75 bits per heavy atom. The van der Waals surface area contributed by atoms with Gasteiger partial charge in [0.15, 0.2) is 6.10 Å². The summed E-state index contributed by atoms with van der Waals surface area (Å²) in [6, 6.07) is 15.3. The number of nitrogens with zero attached hydrogens (tertiary/aromatic N) is 1. The Labute approximate surface area is 141 Å². The van der Waals surface area contributed by atoms with E-state index in [4.69, 9.17) is 9.47 Å². The van der Waals surface area contributed by atoms with Crippen LogP contribution in [0.25, 0.3) is 0 Å². The van der Waals surface area contributed by atoms with Gasteiger partial charge in [-0.3, -0.25) is 4.79 Å². The summed E-state index contributed by atoms with van der Waals surface area (Å²) in [4.78, 5) is 12.2. The van der Waals surface area contributed by atoms with E-state index < -0.39 is 6.10 Å². The molecule has 2 aromatic carbocycles. The summed E-state index contributed by atoms with van der Waals surface area (Å²) >= 11 is 0. The number of rotatable bonds is 4. The van der Waals surface area contributed by atoms with Crippen molar-refractivity contribution in [3.05, 3.63) is 59.7 Å². The Hall–Kier alpha value is -2.82. The van der Waals surface area contributed by atoms with Crippen LogP contribution in [-0.2, 0) is 4.79 Å². The fourth-order valence-electron chi connectivity index (χ4n) is 2.43. The van der Waals surface area contributed by atoms with E-state index in [-0.39, 0.29) is 5.91 Å². The molecule has 0 aromatic heterocycles. The van der Waals surface area contributed by atoms with Crippen LogP contribution in [0.15, 0.2) is 53.6 Å². The van der Waals surface area contributed by atoms with Crippen LogP contribution in [0.5, 0.6) is 11.5 Å². The topological polar surface area (TPSA) is 59.9 Å². The van der Waals surface area contributed by atoms with Crippen molar-refractivity contribution in [1.29, 1.82) is 0 Å². The molecule has 0 fully saturated rings. The summed E-state index contributed by atoms with van der Waals surface area (Å²) in [7, 11) is 0. The highest BCUT2D eigenvalue weighted by molar-refractivity contribution is 6.04. The molecule has 0 saturated heterocycles. The minimum atomic E-state index is -0.632. The lowest BCUT2D eigenvalue weighted by Crippen LogP contribution is -2.34. The average molecular weight is 324 g/mol. The number of carbonyl (C=O) groups is 1. The summed E-state index contributed by atoms with van der Waals surface area (Å²) in [5.41, 5.74) is 5.46. The van der Waals surface area contributed by atoms with Gasteiger partial charge in [0.25, 0.3) is 5.91 Å². The predicted molar refractivity (Wildman–Crippen MR) is 92.5 cm³/mol. The molecule has 5 heteroatoms. The molecule has 1 N–H and O–H groups in total. The van der Waals surface area contributed by atoms with E-state index in [9.17, 15) is 4.79 Å². The highest BCUT2D eigenvalue weighted by Crippen LogP contribution is 2.24. The fraction of sp³-hybridized carbons (Fsp3) is 0.263. The van der Waals surface area contributed by atoms with Crippen LogP contribution in [0.4, 0.5) is 0 Å². The zero-order valence-corrected chi connectivity index (χ0v) is 13.8. The van der Waals surface area contributed by atoms with Crippen molar-refractivity contribution in [2.24, 2.45) is 5.10 Å². The van der Waals surface area contributed by atoms with Crippen molar-refractivity contribution < 1.29 is 14.3 Å².